The van der Waals surface area contributed by atoms with Crippen LogP contribution in [-0.4, -0.2) is 10.9 Å². The zero-order chi connectivity index (χ0) is 14.0. The molecule has 0 spiro atoms. The van der Waals surface area contributed by atoms with Crippen molar-refractivity contribution >= 4 is 34.8 Å². The monoisotopic (exact) mass is 292 g/mol. The van der Waals surface area contributed by atoms with Gasteiger partial charge in [-0.1, -0.05) is 17.7 Å². The summed E-state index contributed by atoms with van der Waals surface area (Å²) in [4.78, 5) is 12.5. The van der Waals surface area contributed by atoms with Crippen molar-refractivity contribution in [1.82, 2.24) is 0 Å². The van der Waals surface area contributed by atoms with E-state index in [-0.39, 0.29) is 5.78 Å². The lowest BCUT2D eigenvalue weighted by atomic mass is 10.1. The molecule has 0 atom stereocenters. The topological polar surface area (TPSA) is 37.3 Å². The van der Waals surface area contributed by atoms with Crippen molar-refractivity contribution in [2.24, 2.45) is 0 Å². The minimum Gasteiger partial charge on any atom is -0.507 e. The fourth-order valence-electron chi connectivity index (χ4n) is 1.79. The molecule has 0 aliphatic rings. The number of carbonyl (C=O) groups is 1. The van der Waals surface area contributed by atoms with E-state index in [1.165, 1.54) is 17.4 Å². The number of benzene rings is 1. The van der Waals surface area contributed by atoms with Gasteiger partial charge in [-0.05, 0) is 60.9 Å². The van der Waals surface area contributed by atoms with Crippen LogP contribution in [0.1, 0.15) is 26.4 Å². The second-order valence-electron chi connectivity index (χ2n) is 4.30. The molecule has 1 heterocycles. The number of hydrogen-bond donors (Lipinski definition) is 1. The van der Waals surface area contributed by atoms with E-state index in [9.17, 15) is 9.90 Å². The van der Waals surface area contributed by atoms with Gasteiger partial charge in [-0.2, -0.15) is 0 Å². The van der Waals surface area contributed by atoms with E-state index in [2.05, 4.69) is 0 Å². The molecular formula is C15H13ClO2S. The standard InChI is InChI=1S/C15H13ClO2S/c1-9-7-11(8-10(2)15(9)18)3-4-12(17)13-5-6-14(16)19-13/h3-8,18H,1-2H3/b4-3+. The first-order valence-electron chi connectivity index (χ1n) is 5.75. The predicted molar refractivity (Wildman–Crippen MR) is 80.3 cm³/mol. The number of aromatic hydroxyl groups is 1. The summed E-state index contributed by atoms with van der Waals surface area (Å²) < 4.78 is 0.605. The van der Waals surface area contributed by atoms with Crippen LogP contribution in [0.4, 0.5) is 0 Å². The number of allylic oxidation sites excluding steroid dienone is 1. The normalized spacial score (nSPS) is 11.1. The van der Waals surface area contributed by atoms with Crippen molar-refractivity contribution in [2.45, 2.75) is 13.8 Å². The van der Waals surface area contributed by atoms with Gasteiger partial charge in [0.25, 0.3) is 0 Å². The van der Waals surface area contributed by atoms with E-state index < -0.39 is 0 Å². The van der Waals surface area contributed by atoms with Crippen LogP contribution in [0.3, 0.4) is 0 Å². The molecule has 0 fully saturated rings. The quantitative estimate of drug-likeness (QED) is 0.662. The number of thiophene rings is 1. The van der Waals surface area contributed by atoms with E-state index >= 15 is 0 Å². The number of hydrogen-bond acceptors (Lipinski definition) is 3. The molecule has 0 saturated heterocycles. The predicted octanol–water partition coefficient (Wildman–Crippen LogP) is 4.62. The molecule has 0 unspecified atom stereocenters. The Balaban J connectivity index is 2.21. The summed E-state index contributed by atoms with van der Waals surface area (Å²) in [5, 5.41) is 9.68. The average molecular weight is 293 g/mol. The summed E-state index contributed by atoms with van der Waals surface area (Å²) in [5.74, 6) is 0.230. The Morgan fingerprint density at radius 1 is 1.26 bits per heavy atom. The molecule has 0 aliphatic heterocycles. The van der Waals surface area contributed by atoms with Gasteiger partial charge in [-0.15, -0.1) is 11.3 Å². The molecule has 0 aliphatic carbocycles. The Morgan fingerprint density at radius 2 is 1.89 bits per heavy atom. The Bertz CT molecular complexity index is 633. The highest BCUT2D eigenvalue weighted by Crippen LogP contribution is 2.24. The molecule has 0 bridgehead atoms. The van der Waals surface area contributed by atoms with Crippen LogP contribution in [0.5, 0.6) is 5.75 Å². The van der Waals surface area contributed by atoms with E-state index in [0.29, 0.717) is 15.0 Å². The van der Waals surface area contributed by atoms with Crippen molar-refractivity contribution in [3.05, 3.63) is 56.2 Å². The van der Waals surface area contributed by atoms with Crippen molar-refractivity contribution in [1.29, 1.82) is 0 Å². The number of halogens is 1. The molecule has 98 valence electrons. The molecule has 0 amide bonds. The molecule has 4 heteroatoms. The van der Waals surface area contributed by atoms with Crippen molar-refractivity contribution in [3.63, 3.8) is 0 Å². The van der Waals surface area contributed by atoms with Crippen LogP contribution < -0.4 is 0 Å². The SMILES string of the molecule is Cc1cc(/C=C/C(=O)c2ccc(Cl)s2)cc(C)c1O. The molecule has 1 aromatic heterocycles. The number of phenols is 1. The molecule has 2 nitrogen and oxygen atoms in total. The van der Waals surface area contributed by atoms with E-state index in [1.54, 1.807) is 18.2 Å². The number of ketones is 1. The van der Waals surface area contributed by atoms with Gasteiger partial charge in [0.05, 0.1) is 9.21 Å². The first-order valence-corrected chi connectivity index (χ1v) is 6.95. The minimum absolute atomic E-state index is 0.0692. The lowest BCUT2D eigenvalue weighted by Gasteiger charge is -2.04. The summed E-state index contributed by atoms with van der Waals surface area (Å²) in [6.07, 6.45) is 3.27. The molecule has 1 aromatic carbocycles. The van der Waals surface area contributed by atoms with Crippen LogP contribution in [0, 0.1) is 13.8 Å². The molecule has 19 heavy (non-hydrogen) atoms. The maximum absolute atomic E-state index is 11.9. The second kappa shape index (κ2) is 5.59. The summed E-state index contributed by atoms with van der Waals surface area (Å²) >= 11 is 7.06. The number of rotatable bonds is 3. The lowest BCUT2D eigenvalue weighted by molar-refractivity contribution is 0.105. The summed E-state index contributed by atoms with van der Waals surface area (Å²) in [6.45, 7) is 3.67. The van der Waals surface area contributed by atoms with Crippen LogP contribution in [0.15, 0.2) is 30.3 Å². The third-order valence-corrected chi connectivity index (χ3v) is 4.00. The van der Waals surface area contributed by atoms with Gasteiger partial charge >= 0.3 is 0 Å². The van der Waals surface area contributed by atoms with Crippen LogP contribution in [-0.2, 0) is 0 Å². The Labute approximate surface area is 121 Å². The van der Waals surface area contributed by atoms with Crippen molar-refractivity contribution in [3.8, 4) is 5.75 Å². The molecule has 2 rings (SSSR count). The largest absolute Gasteiger partial charge is 0.507 e. The maximum atomic E-state index is 11.9. The first-order chi connectivity index (χ1) is 8.97. The highest BCUT2D eigenvalue weighted by molar-refractivity contribution is 7.18. The second-order valence-corrected chi connectivity index (χ2v) is 6.02. The summed E-state index contributed by atoms with van der Waals surface area (Å²) in [6, 6.07) is 7.11. The van der Waals surface area contributed by atoms with Gasteiger partial charge in [-0.3, -0.25) is 4.79 Å². The number of carbonyl (C=O) groups excluding carboxylic acids is 1. The van der Waals surface area contributed by atoms with Gasteiger partial charge in [0.15, 0.2) is 5.78 Å². The van der Waals surface area contributed by atoms with Crippen LogP contribution in [0.2, 0.25) is 4.34 Å². The van der Waals surface area contributed by atoms with Crippen molar-refractivity contribution < 1.29 is 9.90 Å². The van der Waals surface area contributed by atoms with Gasteiger partial charge < -0.3 is 5.11 Å². The molecule has 1 N–H and O–H groups in total. The average Bonchev–Trinajstić information content (AvgIpc) is 2.79. The minimum atomic E-state index is -0.0692. The van der Waals surface area contributed by atoms with Gasteiger partial charge in [0, 0.05) is 0 Å². The maximum Gasteiger partial charge on any atom is 0.195 e. The van der Waals surface area contributed by atoms with E-state index in [4.69, 9.17) is 11.6 Å². The van der Waals surface area contributed by atoms with Crippen LogP contribution in [0.25, 0.3) is 6.08 Å². The fraction of sp³-hybridized carbons (Fsp3) is 0.133. The third-order valence-electron chi connectivity index (χ3n) is 2.76. The molecular weight excluding hydrogens is 280 g/mol. The molecule has 0 radical (unpaired) electrons. The summed E-state index contributed by atoms with van der Waals surface area (Å²) in [7, 11) is 0. The summed E-state index contributed by atoms with van der Waals surface area (Å²) in [5.41, 5.74) is 2.49. The highest BCUT2D eigenvalue weighted by Gasteiger charge is 2.06. The van der Waals surface area contributed by atoms with E-state index in [0.717, 1.165) is 16.7 Å². The lowest BCUT2D eigenvalue weighted by Crippen LogP contribution is -1.89. The Kier molecular flexibility index (Phi) is 4.08. The van der Waals surface area contributed by atoms with Gasteiger partial charge in [-0.25, -0.2) is 0 Å². The first kappa shape index (κ1) is 13.8. The molecule has 0 saturated carbocycles. The third kappa shape index (κ3) is 3.25. The number of aryl methyl sites for hydroxylation is 2. The molecule has 2 aromatic rings. The highest BCUT2D eigenvalue weighted by atomic mass is 35.5. The Hall–Kier alpha value is -1.58. The number of phenolic OH excluding ortho intramolecular Hbond substituents is 1. The van der Waals surface area contributed by atoms with Gasteiger partial charge in [0.1, 0.15) is 5.75 Å². The fourth-order valence-corrected chi connectivity index (χ4v) is 2.75. The Morgan fingerprint density at radius 3 is 2.42 bits per heavy atom. The van der Waals surface area contributed by atoms with Crippen LogP contribution >= 0.6 is 22.9 Å². The smallest absolute Gasteiger partial charge is 0.195 e. The zero-order valence-electron chi connectivity index (χ0n) is 10.6. The zero-order valence-corrected chi connectivity index (χ0v) is 12.2. The van der Waals surface area contributed by atoms with Gasteiger partial charge in [0.2, 0.25) is 0 Å². The van der Waals surface area contributed by atoms with E-state index in [1.807, 2.05) is 26.0 Å². The van der Waals surface area contributed by atoms with Crippen molar-refractivity contribution in [2.75, 3.05) is 0 Å².